The number of nitrogens with zero attached hydrogens (tertiary/aromatic N) is 2. The number of fused-ring (bicyclic) bond motifs is 1. The number of rotatable bonds is 4. The number of hydrogen-bond acceptors (Lipinski definition) is 3. The van der Waals surface area contributed by atoms with Gasteiger partial charge in [0.05, 0.1) is 22.3 Å². The first-order chi connectivity index (χ1) is 14.0. The van der Waals surface area contributed by atoms with Crippen molar-refractivity contribution in [1.29, 1.82) is 0 Å². The first-order valence-corrected chi connectivity index (χ1v) is 9.63. The van der Waals surface area contributed by atoms with Gasteiger partial charge in [0.25, 0.3) is 5.56 Å². The van der Waals surface area contributed by atoms with Crippen LogP contribution in [0.1, 0.15) is 31.0 Å². The van der Waals surface area contributed by atoms with Gasteiger partial charge in [-0.15, -0.1) is 0 Å². The van der Waals surface area contributed by atoms with Crippen LogP contribution in [0.15, 0.2) is 45.7 Å². The van der Waals surface area contributed by atoms with E-state index in [2.05, 4.69) is 26.3 Å². The Balaban J connectivity index is 1.91. The third-order valence-corrected chi connectivity index (χ3v) is 4.85. The molecule has 158 valence electrons. The van der Waals surface area contributed by atoms with Gasteiger partial charge >= 0.3 is 6.18 Å². The fourth-order valence-corrected chi connectivity index (χ4v) is 3.30. The summed E-state index contributed by atoms with van der Waals surface area (Å²) in [6, 6.07) is 6.85. The van der Waals surface area contributed by atoms with Crippen LogP contribution in [0.5, 0.6) is 0 Å². The first-order valence-electron chi connectivity index (χ1n) is 8.84. The Hall–Kier alpha value is -2.75. The number of nitrogens with one attached hydrogen (secondary N) is 1. The van der Waals surface area contributed by atoms with Crippen molar-refractivity contribution in [2.75, 3.05) is 5.32 Å². The zero-order valence-corrected chi connectivity index (χ0v) is 17.4. The van der Waals surface area contributed by atoms with E-state index in [1.807, 2.05) is 13.8 Å². The highest BCUT2D eigenvalue weighted by Crippen LogP contribution is 2.31. The summed E-state index contributed by atoms with van der Waals surface area (Å²) < 4.78 is 53.6. The molecule has 1 N–H and O–H groups in total. The molecular formula is C20H16BrF4N3O2. The monoisotopic (exact) mass is 485 g/mol. The molecule has 0 unspecified atom stereocenters. The number of benzene rings is 2. The average Bonchev–Trinajstić information content (AvgIpc) is 2.64. The molecular weight excluding hydrogens is 470 g/mol. The number of hydrogen-bond donors (Lipinski definition) is 1. The van der Waals surface area contributed by atoms with Crippen LogP contribution < -0.4 is 10.9 Å². The molecule has 1 aromatic heterocycles. The lowest BCUT2D eigenvalue weighted by molar-refractivity contribution is -0.137. The number of anilines is 1. The van der Waals surface area contributed by atoms with Crippen molar-refractivity contribution in [2.45, 2.75) is 32.5 Å². The third kappa shape index (κ3) is 4.53. The summed E-state index contributed by atoms with van der Waals surface area (Å²) in [5, 5.41) is 7.47. The quantitative estimate of drug-likeness (QED) is 0.524. The molecule has 0 atom stereocenters. The number of amides is 1. The van der Waals surface area contributed by atoms with Crippen LogP contribution in [0, 0.1) is 5.82 Å². The van der Waals surface area contributed by atoms with Crippen molar-refractivity contribution in [3.8, 4) is 0 Å². The van der Waals surface area contributed by atoms with Crippen molar-refractivity contribution in [1.82, 2.24) is 9.78 Å². The molecule has 2 aromatic carbocycles. The topological polar surface area (TPSA) is 64.0 Å². The molecule has 10 heteroatoms. The fraction of sp³-hybridized carbons (Fsp3) is 0.250. The Morgan fingerprint density at radius 1 is 1.17 bits per heavy atom. The fourth-order valence-electron chi connectivity index (χ4n) is 2.94. The Morgan fingerprint density at radius 3 is 2.47 bits per heavy atom. The summed E-state index contributed by atoms with van der Waals surface area (Å²) >= 11 is 3.35. The molecule has 0 saturated heterocycles. The summed E-state index contributed by atoms with van der Waals surface area (Å²) in [6.45, 7) is 3.25. The summed E-state index contributed by atoms with van der Waals surface area (Å²) in [5.41, 5.74) is -1.50. The van der Waals surface area contributed by atoms with Gasteiger partial charge in [0.1, 0.15) is 12.4 Å². The lowest BCUT2D eigenvalue weighted by atomic mass is 10.0. The Kier molecular flexibility index (Phi) is 5.98. The molecule has 30 heavy (non-hydrogen) atoms. The summed E-state index contributed by atoms with van der Waals surface area (Å²) in [7, 11) is 0. The van der Waals surface area contributed by atoms with Crippen molar-refractivity contribution in [3.63, 3.8) is 0 Å². The molecule has 0 aliphatic rings. The largest absolute Gasteiger partial charge is 0.416 e. The van der Waals surface area contributed by atoms with E-state index in [0.29, 0.717) is 28.6 Å². The molecule has 3 rings (SSSR count). The first kappa shape index (κ1) is 21.9. The van der Waals surface area contributed by atoms with Crippen LogP contribution in [-0.4, -0.2) is 15.7 Å². The van der Waals surface area contributed by atoms with Crippen molar-refractivity contribution in [2.24, 2.45) is 0 Å². The maximum atomic E-state index is 14.0. The molecule has 0 aliphatic carbocycles. The van der Waals surface area contributed by atoms with Gasteiger partial charge in [-0.3, -0.25) is 9.59 Å². The van der Waals surface area contributed by atoms with E-state index in [0.717, 1.165) is 15.2 Å². The zero-order valence-electron chi connectivity index (χ0n) is 15.8. The minimum Gasteiger partial charge on any atom is -0.322 e. The second kappa shape index (κ2) is 8.17. The maximum Gasteiger partial charge on any atom is 0.416 e. The van der Waals surface area contributed by atoms with Crippen LogP contribution in [0.3, 0.4) is 0 Å². The molecule has 0 saturated carbocycles. The normalized spacial score (nSPS) is 11.9. The third-order valence-electron chi connectivity index (χ3n) is 4.36. The van der Waals surface area contributed by atoms with E-state index in [9.17, 15) is 27.2 Å². The van der Waals surface area contributed by atoms with Gasteiger partial charge in [-0.05, 0) is 42.3 Å². The molecule has 0 radical (unpaired) electrons. The van der Waals surface area contributed by atoms with Crippen LogP contribution in [0.25, 0.3) is 10.8 Å². The van der Waals surface area contributed by atoms with Gasteiger partial charge in [-0.25, -0.2) is 9.07 Å². The molecule has 1 amide bonds. The SMILES string of the molecule is CC(C)c1nn(CC(=O)Nc2ccc(C(F)(F)F)cc2F)c(=O)c2ccc(Br)cc12. The number of aromatic nitrogens is 2. The van der Waals surface area contributed by atoms with E-state index < -0.39 is 41.3 Å². The maximum absolute atomic E-state index is 14.0. The summed E-state index contributed by atoms with van der Waals surface area (Å²) in [4.78, 5) is 25.1. The van der Waals surface area contributed by atoms with Gasteiger partial charge in [0.2, 0.25) is 5.91 Å². The van der Waals surface area contributed by atoms with Crippen molar-refractivity contribution >= 4 is 38.3 Å². The highest BCUT2D eigenvalue weighted by Gasteiger charge is 2.31. The van der Waals surface area contributed by atoms with Crippen LogP contribution in [0.2, 0.25) is 0 Å². The molecule has 0 aliphatic heterocycles. The smallest absolute Gasteiger partial charge is 0.322 e. The summed E-state index contributed by atoms with van der Waals surface area (Å²) in [6.07, 6.45) is -4.70. The lowest BCUT2D eigenvalue weighted by Crippen LogP contribution is -2.31. The number of carbonyl (C=O) groups is 1. The van der Waals surface area contributed by atoms with Gasteiger partial charge in [0.15, 0.2) is 0 Å². The second-order valence-corrected chi connectivity index (χ2v) is 7.85. The van der Waals surface area contributed by atoms with Crippen LogP contribution in [0.4, 0.5) is 23.2 Å². The van der Waals surface area contributed by atoms with E-state index in [1.165, 1.54) is 0 Å². The molecule has 0 spiro atoms. The second-order valence-electron chi connectivity index (χ2n) is 6.93. The van der Waals surface area contributed by atoms with Crippen molar-refractivity contribution < 1.29 is 22.4 Å². The predicted octanol–water partition coefficient (Wildman–Crippen LogP) is 5.08. The molecule has 1 heterocycles. The molecule has 0 fully saturated rings. The zero-order chi connectivity index (χ0) is 22.2. The standard InChI is InChI=1S/C20H16BrF4N3O2/c1-10(2)18-14-8-12(21)4-5-13(14)19(30)28(27-18)9-17(29)26-16-6-3-11(7-15(16)22)20(23,24)25/h3-8,10H,9H2,1-2H3,(H,26,29). The number of halogens is 5. The molecule has 0 bridgehead atoms. The Morgan fingerprint density at radius 2 is 1.87 bits per heavy atom. The Labute approximate surface area is 176 Å². The molecule has 3 aromatic rings. The van der Waals surface area contributed by atoms with Gasteiger partial charge in [-0.1, -0.05) is 29.8 Å². The van der Waals surface area contributed by atoms with Crippen LogP contribution >= 0.6 is 15.9 Å². The highest BCUT2D eigenvalue weighted by atomic mass is 79.9. The van der Waals surface area contributed by atoms with Crippen molar-refractivity contribution in [3.05, 3.63) is 68.3 Å². The van der Waals surface area contributed by atoms with E-state index in [1.54, 1.807) is 18.2 Å². The Bertz CT molecular complexity index is 1190. The summed E-state index contributed by atoms with van der Waals surface area (Å²) in [5.74, 6) is -2.08. The minimum absolute atomic E-state index is 0.0518. The number of carbonyl (C=O) groups excluding carboxylic acids is 1. The molecule has 5 nitrogen and oxygen atoms in total. The van der Waals surface area contributed by atoms with Crippen LogP contribution in [-0.2, 0) is 17.5 Å². The highest BCUT2D eigenvalue weighted by molar-refractivity contribution is 9.10. The van der Waals surface area contributed by atoms with Gasteiger partial charge in [0, 0.05) is 9.86 Å². The lowest BCUT2D eigenvalue weighted by Gasteiger charge is -2.14. The van der Waals surface area contributed by atoms with Gasteiger partial charge in [-0.2, -0.15) is 18.3 Å². The minimum atomic E-state index is -4.70. The number of alkyl halides is 3. The van der Waals surface area contributed by atoms with E-state index in [4.69, 9.17) is 0 Å². The average molecular weight is 486 g/mol. The van der Waals surface area contributed by atoms with Gasteiger partial charge < -0.3 is 5.32 Å². The van der Waals surface area contributed by atoms with E-state index >= 15 is 0 Å². The van der Waals surface area contributed by atoms with E-state index in [-0.39, 0.29) is 5.92 Å². The predicted molar refractivity (Wildman–Crippen MR) is 108 cm³/mol.